The molecule has 1 aromatic heterocycles. The van der Waals surface area contributed by atoms with Gasteiger partial charge in [-0.05, 0) is 18.7 Å². The highest BCUT2D eigenvalue weighted by atomic mass is 16.2. The Bertz CT molecular complexity index is 662. The number of para-hydroxylation sites is 1. The molecule has 1 fully saturated rings. The van der Waals surface area contributed by atoms with Crippen molar-refractivity contribution in [3.05, 3.63) is 35.9 Å². The lowest BCUT2D eigenvalue weighted by Crippen LogP contribution is -2.48. The third kappa shape index (κ3) is 2.69. The van der Waals surface area contributed by atoms with Crippen molar-refractivity contribution in [1.82, 2.24) is 14.8 Å². The predicted molar refractivity (Wildman–Crippen MR) is 84.2 cm³/mol. The average Bonchev–Trinajstić information content (AvgIpc) is 2.53. The van der Waals surface area contributed by atoms with E-state index in [0.717, 1.165) is 43.6 Å². The van der Waals surface area contributed by atoms with E-state index in [-0.39, 0.29) is 5.91 Å². The largest absolute Gasteiger partial charge is 0.384 e. The lowest BCUT2D eigenvalue weighted by Gasteiger charge is -2.34. The second kappa shape index (κ2) is 5.69. The molecule has 2 N–H and O–H groups in total. The number of benzene rings is 1. The molecule has 0 bridgehead atoms. The van der Waals surface area contributed by atoms with Crippen LogP contribution < -0.4 is 5.73 Å². The number of nitrogens with zero attached hydrogens (tertiary/aromatic N) is 3. The van der Waals surface area contributed by atoms with Crippen molar-refractivity contribution in [3.8, 4) is 0 Å². The second-order valence-corrected chi connectivity index (χ2v) is 5.34. The smallest absolute Gasteiger partial charge is 0.254 e. The molecule has 1 saturated heterocycles. The second-order valence-electron chi connectivity index (χ2n) is 5.34. The van der Waals surface area contributed by atoms with Gasteiger partial charge in [-0.1, -0.05) is 25.1 Å². The van der Waals surface area contributed by atoms with Crippen molar-refractivity contribution in [3.63, 3.8) is 0 Å². The topological polar surface area (TPSA) is 62.5 Å². The number of nitrogen functional groups attached to an aromatic ring is 1. The van der Waals surface area contributed by atoms with Crippen LogP contribution in [-0.4, -0.2) is 53.4 Å². The van der Waals surface area contributed by atoms with Gasteiger partial charge >= 0.3 is 0 Å². The van der Waals surface area contributed by atoms with Gasteiger partial charge in [0.2, 0.25) is 0 Å². The number of fused-ring (bicyclic) bond motifs is 1. The summed E-state index contributed by atoms with van der Waals surface area (Å²) in [6, 6.07) is 9.33. The normalized spacial score (nSPS) is 16.3. The Morgan fingerprint density at radius 1 is 1.24 bits per heavy atom. The molecule has 2 aromatic rings. The van der Waals surface area contributed by atoms with Crippen LogP contribution in [0.3, 0.4) is 0 Å². The number of rotatable bonds is 2. The van der Waals surface area contributed by atoms with Crippen molar-refractivity contribution in [2.24, 2.45) is 0 Å². The molecule has 5 heteroatoms. The minimum atomic E-state index is 0.0519. The van der Waals surface area contributed by atoms with E-state index in [9.17, 15) is 4.79 Å². The molecule has 110 valence electrons. The van der Waals surface area contributed by atoms with Crippen molar-refractivity contribution >= 4 is 22.6 Å². The van der Waals surface area contributed by atoms with Crippen LogP contribution in [0.15, 0.2) is 30.3 Å². The Morgan fingerprint density at radius 3 is 2.67 bits per heavy atom. The maximum absolute atomic E-state index is 12.8. The number of carbonyl (C=O) groups excluding carboxylic acids is 1. The van der Waals surface area contributed by atoms with Crippen LogP contribution in [0.25, 0.3) is 10.9 Å². The van der Waals surface area contributed by atoms with Gasteiger partial charge in [-0.15, -0.1) is 0 Å². The zero-order valence-corrected chi connectivity index (χ0v) is 12.2. The van der Waals surface area contributed by atoms with Crippen LogP contribution in [0, 0.1) is 0 Å². The average molecular weight is 284 g/mol. The number of anilines is 1. The molecule has 1 amide bonds. The molecule has 1 aromatic carbocycles. The molecule has 2 heterocycles. The standard InChI is InChI=1S/C16H20N4O/c1-2-19-7-9-20(10-8-19)16(21)13-11-15(17)18-14-6-4-3-5-12(13)14/h3-6,11H,2,7-10H2,1H3,(H2,17,18). The lowest BCUT2D eigenvalue weighted by atomic mass is 10.1. The first-order chi connectivity index (χ1) is 10.2. The van der Waals surface area contributed by atoms with Gasteiger partial charge in [0.05, 0.1) is 11.1 Å². The zero-order valence-electron chi connectivity index (χ0n) is 12.2. The molecule has 5 nitrogen and oxygen atoms in total. The molecule has 0 atom stereocenters. The summed E-state index contributed by atoms with van der Waals surface area (Å²) in [6.07, 6.45) is 0. The first-order valence-electron chi connectivity index (χ1n) is 7.36. The number of aromatic nitrogens is 1. The number of carbonyl (C=O) groups is 1. The number of likely N-dealkylation sites (N-methyl/N-ethyl adjacent to an activating group) is 1. The molecular formula is C16H20N4O. The third-order valence-electron chi connectivity index (χ3n) is 4.07. The summed E-state index contributed by atoms with van der Waals surface area (Å²) in [5.41, 5.74) is 7.27. The van der Waals surface area contributed by atoms with Gasteiger partial charge in [-0.25, -0.2) is 4.98 Å². The number of hydrogen-bond donors (Lipinski definition) is 1. The van der Waals surface area contributed by atoms with Crippen LogP contribution in [-0.2, 0) is 0 Å². The summed E-state index contributed by atoms with van der Waals surface area (Å²) in [7, 11) is 0. The summed E-state index contributed by atoms with van der Waals surface area (Å²) in [5, 5.41) is 0.870. The molecule has 21 heavy (non-hydrogen) atoms. The first-order valence-corrected chi connectivity index (χ1v) is 7.36. The first kappa shape index (κ1) is 13.8. The van der Waals surface area contributed by atoms with Crippen LogP contribution in [0.1, 0.15) is 17.3 Å². The van der Waals surface area contributed by atoms with Gasteiger partial charge in [-0.2, -0.15) is 0 Å². The molecule has 1 aliphatic heterocycles. The molecule has 0 spiro atoms. The Morgan fingerprint density at radius 2 is 1.95 bits per heavy atom. The summed E-state index contributed by atoms with van der Waals surface area (Å²) in [4.78, 5) is 21.3. The minimum absolute atomic E-state index is 0.0519. The van der Waals surface area contributed by atoms with E-state index in [1.165, 1.54) is 0 Å². The van der Waals surface area contributed by atoms with Gasteiger partial charge in [0.15, 0.2) is 0 Å². The van der Waals surface area contributed by atoms with Gasteiger partial charge in [0.25, 0.3) is 5.91 Å². The molecular weight excluding hydrogens is 264 g/mol. The van der Waals surface area contributed by atoms with E-state index >= 15 is 0 Å². The molecule has 0 unspecified atom stereocenters. The number of nitrogens with two attached hydrogens (primary N) is 1. The predicted octanol–water partition coefficient (Wildman–Crippen LogP) is 1.59. The number of piperazine rings is 1. The van der Waals surface area contributed by atoms with E-state index in [2.05, 4.69) is 16.8 Å². The van der Waals surface area contributed by atoms with Gasteiger partial charge in [0, 0.05) is 31.6 Å². The third-order valence-corrected chi connectivity index (χ3v) is 4.07. The molecule has 0 radical (unpaired) electrons. The Hall–Kier alpha value is -2.14. The summed E-state index contributed by atoms with van der Waals surface area (Å²) >= 11 is 0. The Labute approximate surface area is 124 Å². The van der Waals surface area contributed by atoms with Crippen LogP contribution >= 0.6 is 0 Å². The van der Waals surface area contributed by atoms with Crippen molar-refractivity contribution < 1.29 is 4.79 Å². The fourth-order valence-corrected chi connectivity index (χ4v) is 2.81. The fraction of sp³-hybridized carbons (Fsp3) is 0.375. The minimum Gasteiger partial charge on any atom is -0.384 e. The Balaban J connectivity index is 1.91. The van der Waals surface area contributed by atoms with Gasteiger partial charge < -0.3 is 15.5 Å². The van der Waals surface area contributed by atoms with Gasteiger partial charge in [-0.3, -0.25) is 4.79 Å². The highest BCUT2D eigenvalue weighted by Crippen LogP contribution is 2.21. The van der Waals surface area contributed by atoms with Crippen LogP contribution in [0.5, 0.6) is 0 Å². The maximum Gasteiger partial charge on any atom is 0.254 e. The number of pyridine rings is 1. The summed E-state index contributed by atoms with van der Waals surface area (Å²) in [6.45, 7) is 6.58. The SMILES string of the molecule is CCN1CCN(C(=O)c2cc(N)nc3ccccc23)CC1. The van der Waals surface area contributed by atoms with Crippen molar-refractivity contribution in [2.45, 2.75) is 6.92 Å². The highest BCUT2D eigenvalue weighted by Gasteiger charge is 2.23. The number of amides is 1. The van der Waals surface area contributed by atoms with Gasteiger partial charge in [0.1, 0.15) is 5.82 Å². The van der Waals surface area contributed by atoms with Crippen molar-refractivity contribution in [1.29, 1.82) is 0 Å². The highest BCUT2D eigenvalue weighted by molar-refractivity contribution is 6.06. The monoisotopic (exact) mass is 284 g/mol. The summed E-state index contributed by atoms with van der Waals surface area (Å²) < 4.78 is 0. The van der Waals surface area contributed by atoms with E-state index in [0.29, 0.717) is 11.4 Å². The van der Waals surface area contributed by atoms with E-state index in [1.807, 2.05) is 29.2 Å². The lowest BCUT2D eigenvalue weighted by molar-refractivity contribution is 0.0645. The quantitative estimate of drug-likeness (QED) is 0.910. The maximum atomic E-state index is 12.8. The van der Waals surface area contributed by atoms with Crippen molar-refractivity contribution in [2.75, 3.05) is 38.5 Å². The van der Waals surface area contributed by atoms with Crippen LogP contribution in [0.2, 0.25) is 0 Å². The molecule has 3 rings (SSSR count). The van der Waals surface area contributed by atoms with E-state index < -0.39 is 0 Å². The fourth-order valence-electron chi connectivity index (χ4n) is 2.81. The molecule has 0 aliphatic carbocycles. The van der Waals surface area contributed by atoms with E-state index in [1.54, 1.807) is 6.07 Å². The molecule has 1 aliphatic rings. The Kier molecular flexibility index (Phi) is 3.75. The van der Waals surface area contributed by atoms with E-state index in [4.69, 9.17) is 5.73 Å². The van der Waals surface area contributed by atoms with Crippen LogP contribution in [0.4, 0.5) is 5.82 Å². The molecule has 0 saturated carbocycles. The number of hydrogen-bond acceptors (Lipinski definition) is 4. The summed E-state index contributed by atoms with van der Waals surface area (Å²) in [5.74, 6) is 0.445. The zero-order chi connectivity index (χ0) is 14.8.